The molecule has 0 saturated heterocycles. The second kappa shape index (κ2) is 6.14. The van der Waals surface area contributed by atoms with Gasteiger partial charge in [-0.2, -0.15) is 10.3 Å². The fourth-order valence-electron chi connectivity index (χ4n) is 1.34. The molecule has 0 aliphatic carbocycles. The molecule has 0 spiro atoms. The number of tetrazole rings is 1. The zero-order valence-electron chi connectivity index (χ0n) is 10.2. The Kier molecular flexibility index (Phi) is 4.29. The molecule has 1 heterocycles. The van der Waals surface area contributed by atoms with Crippen LogP contribution in [0.3, 0.4) is 0 Å². The predicted octanol–water partition coefficient (Wildman–Crippen LogP) is 1.43. The highest BCUT2D eigenvalue weighted by atomic mass is 79.9. The highest BCUT2D eigenvalue weighted by Gasteiger charge is 2.08. The molecular weight excluding hydrogens is 316 g/mol. The molecule has 100 valence electrons. The van der Waals surface area contributed by atoms with E-state index in [2.05, 4.69) is 47.1 Å². The van der Waals surface area contributed by atoms with Gasteiger partial charge in [-0.15, -0.1) is 5.10 Å². The van der Waals surface area contributed by atoms with E-state index < -0.39 is 0 Å². The number of aromatic nitrogens is 4. The third-order valence-corrected chi connectivity index (χ3v) is 2.90. The molecule has 1 aromatic carbocycles. The van der Waals surface area contributed by atoms with Crippen molar-refractivity contribution in [3.63, 3.8) is 0 Å². The Labute approximate surface area is 117 Å². The van der Waals surface area contributed by atoms with Crippen molar-refractivity contribution in [1.82, 2.24) is 20.6 Å². The van der Waals surface area contributed by atoms with Gasteiger partial charge in [0, 0.05) is 10.0 Å². The minimum absolute atomic E-state index is 0.285. The molecule has 0 fully saturated rings. The smallest absolute Gasteiger partial charge is 0.283 e. The van der Waals surface area contributed by atoms with Crippen LogP contribution in [0, 0.1) is 0 Å². The number of ether oxygens (including phenoxy) is 2. The number of H-pyrrole nitrogens is 1. The van der Waals surface area contributed by atoms with Crippen LogP contribution in [0.15, 0.2) is 21.7 Å². The summed E-state index contributed by atoms with van der Waals surface area (Å²) < 4.78 is 11.2. The van der Waals surface area contributed by atoms with Crippen LogP contribution in [0.2, 0.25) is 0 Å². The molecule has 2 N–H and O–H groups in total. The third-order valence-electron chi connectivity index (χ3n) is 2.22. The molecule has 0 unspecified atom stereocenters. The molecule has 2 rings (SSSR count). The van der Waals surface area contributed by atoms with Gasteiger partial charge in [0.15, 0.2) is 11.5 Å². The SMILES string of the molecule is COc1cc(Br)c(/C=N/Nc2nn[nH]n2)cc1OC. The highest BCUT2D eigenvalue weighted by molar-refractivity contribution is 9.10. The Morgan fingerprint density at radius 2 is 2.05 bits per heavy atom. The van der Waals surface area contributed by atoms with Gasteiger partial charge in [0.05, 0.1) is 20.4 Å². The van der Waals surface area contributed by atoms with Crippen molar-refractivity contribution in [2.24, 2.45) is 5.10 Å². The number of methoxy groups -OCH3 is 2. The summed E-state index contributed by atoms with van der Waals surface area (Å²) in [5.41, 5.74) is 3.44. The molecule has 0 amide bonds. The highest BCUT2D eigenvalue weighted by Crippen LogP contribution is 2.32. The average Bonchev–Trinajstić information content (AvgIpc) is 2.93. The van der Waals surface area contributed by atoms with E-state index in [-0.39, 0.29) is 5.95 Å². The Hall–Kier alpha value is -2.16. The lowest BCUT2D eigenvalue weighted by Gasteiger charge is -2.09. The van der Waals surface area contributed by atoms with E-state index in [0.29, 0.717) is 11.5 Å². The van der Waals surface area contributed by atoms with Crippen LogP contribution in [0.5, 0.6) is 11.5 Å². The van der Waals surface area contributed by atoms with Crippen molar-refractivity contribution in [2.75, 3.05) is 19.6 Å². The van der Waals surface area contributed by atoms with Crippen LogP contribution < -0.4 is 14.9 Å². The van der Waals surface area contributed by atoms with Crippen LogP contribution in [-0.4, -0.2) is 41.1 Å². The summed E-state index contributed by atoms with van der Waals surface area (Å²) in [6.45, 7) is 0. The zero-order chi connectivity index (χ0) is 13.7. The maximum Gasteiger partial charge on any atom is 0.283 e. The van der Waals surface area contributed by atoms with Gasteiger partial charge in [0.25, 0.3) is 5.95 Å². The second-order valence-corrected chi connectivity index (χ2v) is 4.19. The number of hydrogen-bond acceptors (Lipinski definition) is 7. The van der Waals surface area contributed by atoms with Gasteiger partial charge in [-0.05, 0) is 33.3 Å². The van der Waals surface area contributed by atoms with Crippen LogP contribution in [-0.2, 0) is 0 Å². The van der Waals surface area contributed by atoms with Crippen molar-refractivity contribution in [1.29, 1.82) is 0 Å². The molecule has 9 heteroatoms. The van der Waals surface area contributed by atoms with Crippen LogP contribution in [0.1, 0.15) is 5.56 Å². The quantitative estimate of drug-likeness (QED) is 0.637. The normalized spacial score (nSPS) is 10.7. The first-order chi connectivity index (χ1) is 9.24. The number of hydrazone groups is 1. The van der Waals surface area contributed by atoms with Gasteiger partial charge in [-0.1, -0.05) is 5.10 Å². The van der Waals surface area contributed by atoms with Crippen molar-refractivity contribution in [3.8, 4) is 11.5 Å². The van der Waals surface area contributed by atoms with E-state index in [1.54, 1.807) is 32.6 Å². The summed E-state index contributed by atoms with van der Waals surface area (Å²) in [4.78, 5) is 0. The molecule has 0 aliphatic rings. The Morgan fingerprint density at radius 3 is 2.68 bits per heavy atom. The van der Waals surface area contributed by atoms with Crippen molar-refractivity contribution < 1.29 is 9.47 Å². The first kappa shape index (κ1) is 13.3. The molecule has 0 radical (unpaired) electrons. The fraction of sp³-hybridized carbons (Fsp3) is 0.200. The Bertz CT molecular complexity index is 572. The second-order valence-electron chi connectivity index (χ2n) is 3.33. The first-order valence-corrected chi connectivity index (χ1v) is 5.98. The lowest BCUT2D eigenvalue weighted by molar-refractivity contribution is 0.354. The van der Waals surface area contributed by atoms with Crippen LogP contribution in [0.4, 0.5) is 5.95 Å². The number of anilines is 1. The molecule has 0 atom stereocenters. The van der Waals surface area contributed by atoms with Gasteiger partial charge < -0.3 is 9.47 Å². The van der Waals surface area contributed by atoms with E-state index in [9.17, 15) is 0 Å². The summed E-state index contributed by atoms with van der Waals surface area (Å²) in [5.74, 6) is 1.54. The van der Waals surface area contributed by atoms with E-state index >= 15 is 0 Å². The number of nitrogens with one attached hydrogen (secondary N) is 2. The molecule has 0 saturated carbocycles. The van der Waals surface area contributed by atoms with E-state index in [0.717, 1.165) is 10.0 Å². The summed E-state index contributed by atoms with van der Waals surface area (Å²) in [6.07, 6.45) is 1.60. The summed E-state index contributed by atoms with van der Waals surface area (Å²) >= 11 is 3.43. The standard InChI is InChI=1S/C10H11BrN6O2/c1-18-8-3-6(7(11)4-9(8)19-2)5-12-13-10-14-16-17-15-10/h3-5H,1-2H3,(H2,13,14,15,16,17)/b12-5+. The zero-order valence-corrected chi connectivity index (χ0v) is 11.8. The molecular formula is C10H11BrN6O2. The number of hydrogen-bond donors (Lipinski definition) is 2. The minimum atomic E-state index is 0.285. The number of rotatable bonds is 5. The monoisotopic (exact) mass is 326 g/mol. The predicted molar refractivity (Wildman–Crippen MR) is 72.6 cm³/mol. The molecule has 19 heavy (non-hydrogen) atoms. The number of halogens is 1. The molecule has 0 aliphatic heterocycles. The van der Waals surface area contributed by atoms with Gasteiger partial charge >= 0.3 is 0 Å². The lowest BCUT2D eigenvalue weighted by Crippen LogP contribution is -1.96. The van der Waals surface area contributed by atoms with E-state index in [4.69, 9.17) is 9.47 Å². The van der Waals surface area contributed by atoms with Gasteiger partial charge in [0.2, 0.25) is 0 Å². The summed E-state index contributed by atoms with van der Waals surface area (Å²) in [6, 6.07) is 3.60. The molecule has 0 bridgehead atoms. The lowest BCUT2D eigenvalue weighted by atomic mass is 10.2. The van der Waals surface area contributed by atoms with E-state index in [1.165, 1.54) is 0 Å². The van der Waals surface area contributed by atoms with Gasteiger partial charge in [0.1, 0.15) is 0 Å². The van der Waals surface area contributed by atoms with Crippen molar-refractivity contribution >= 4 is 28.1 Å². The number of aromatic amines is 1. The van der Waals surface area contributed by atoms with Gasteiger partial charge in [-0.3, -0.25) is 0 Å². The minimum Gasteiger partial charge on any atom is -0.493 e. The van der Waals surface area contributed by atoms with Crippen LogP contribution in [0.25, 0.3) is 0 Å². The first-order valence-electron chi connectivity index (χ1n) is 5.18. The van der Waals surface area contributed by atoms with E-state index in [1.807, 2.05) is 0 Å². The van der Waals surface area contributed by atoms with Crippen LogP contribution >= 0.6 is 15.9 Å². The van der Waals surface area contributed by atoms with Crippen molar-refractivity contribution in [2.45, 2.75) is 0 Å². The fourth-order valence-corrected chi connectivity index (χ4v) is 1.76. The molecule has 2 aromatic rings. The maximum atomic E-state index is 5.22. The van der Waals surface area contributed by atoms with Gasteiger partial charge in [-0.25, -0.2) is 5.43 Å². The molecule has 8 nitrogen and oxygen atoms in total. The van der Waals surface area contributed by atoms with Crippen molar-refractivity contribution in [3.05, 3.63) is 22.2 Å². The largest absolute Gasteiger partial charge is 0.493 e. The Morgan fingerprint density at radius 1 is 1.32 bits per heavy atom. The Balaban J connectivity index is 2.17. The molecule has 1 aromatic heterocycles. The third kappa shape index (κ3) is 3.19. The number of nitrogens with zero attached hydrogens (tertiary/aromatic N) is 4. The maximum absolute atomic E-state index is 5.22. The summed E-state index contributed by atoms with van der Waals surface area (Å²) in [5, 5.41) is 17.1. The summed E-state index contributed by atoms with van der Waals surface area (Å²) in [7, 11) is 3.15. The number of benzene rings is 1. The topological polar surface area (TPSA) is 97.3 Å². The average molecular weight is 327 g/mol.